The highest BCUT2D eigenvalue weighted by Gasteiger charge is 2.22. The van der Waals surface area contributed by atoms with E-state index in [1.165, 1.54) is 12.0 Å². The van der Waals surface area contributed by atoms with Gasteiger partial charge < -0.3 is 20.1 Å². The lowest BCUT2D eigenvalue weighted by atomic mass is 10.1. The van der Waals surface area contributed by atoms with Crippen LogP contribution >= 0.6 is 0 Å². The minimum atomic E-state index is -1.06. The van der Waals surface area contributed by atoms with Gasteiger partial charge in [-0.05, 0) is 12.8 Å². The van der Waals surface area contributed by atoms with E-state index in [1.807, 2.05) is 0 Å². The van der Waals surface area contributed by atoms with Gasteiger partial charge in [0.25, 0.3) is 0 Å². The number of carboxylic acid groups (broad SMARTS) is 1. The first kappa shape index (κ1) is 17.4. The van der Waals surface area contributed by atoms with E-state index in [4.69, 9.17) is 9.84 Å². The number of aliphatic carboxylic acids is 1. The van der Waals surface area contributed by atoms with Crippen LogP contribution in [-0.2, 0) is 19.1 Å². The van der Waals surface area contributed by atoms with Gasteiger partial charge in [-0.15, -0.1) is 0 Å². The Kier molecular flexibility index (Phi) is 7.74. The third-order valence-corrected chi connectivity index (χ3v) is 3.61. The Morgan fingerprint density at radius 1 is 1.29 bits per heavy atom. The normalized spacial score (nSPS) is 14.9. The molecule has 7 nitrogen and oxygen atoms in total. The van der Waals surface area contributed by atoms with Gasteiger partial charge in [0.2, 0.25) is 11.8 Å². The molecule has 0 atom stereocenters. The number of carbonyl (C=O) groups excluding carboxylic acids is 2. The Bertz CT molecular complexity index is 366. The second-order valence-corrected chi connectivity index (χ2v) is 5.22. The van der Waals surface area contributed by atoms with E-state index in [9.17, 15) is 14.4 Å². The largest absolute Gasteiger partial charge is 0.480 e. The molecule has 0 aliphatic heterocycles. The van der Waals surface area contributed by atoms with Crippen molar-refractivity contribution in [2.45, 2.75) is 32.1 Å². The van der Waals surface area contributed by atoms with Crippen LogP contribution in [0.4, 0.5) is 0 Å². The second-order valence-electron chi connectivity index (χ2n) is 5.22. The predicted molar refractivity (Wildman–Crippen MR) is 75.7 cm³/mol. The third kappa shape index (κ3) is 6.57. The molecule has 7 heteroatoms. The third-order valence-electron chi connectivity index (χ3n) is 3.61. The fraction of sp³-hybridized carbons (Fsp3) is 0.786. The topological polar surface area (TPSA) is 95.9 Å². The number of nitrogens with one attached hydrogen (secondary N) is 1. The van der Waals surface area contributed by atoms with Crippen LogP contribution < -0.4 is 5.32 Å². The highest BCUT2D eigenvalue weighted by Crippen LogP contribution is 2.24. The summed E-state index contributed by atoms with van der Waals surface area (Å²) in [6, 6.07) is 0. The molecular formula is C14H24N2O5. The van der Waals surface area contributed by atoms with Crippen molar-refractivity contribution in [1.29, 1.82) is 0 Å². The van der Waals surface area contributed by atoms with Crippen molar-refractivity contribution in [3.05, 3.63) is 0 Å². The maximum Gasteiger partial charge on any atom is 0.323 e. The van der Waals surface area contributed by atoms with Crippen molar-refractivity contribution < 1.29 is 24.2 Å². The molecule has 1 aliphatic rings. The quantitative estimate of drug-likeness (QED) is 0.636. The smallest absolute Gasteiger partial charge is 0.323 e. The molecule has 0 unspecified atom stereocenters. The number of hydrogen-bond donors (Lipinski definition) is 2. The molecule has 0 heterocycles. The van der Waals surface area contributed by atoms with Gasteiger partial charge in [-0.25, -0.2) is 0 Å². The van der Waals surface area contributed by atoms with Gasteiger partial charge in [-0.2, -0.15) is 0 Å². The van der Waals surface area contributed by atoms with Crippen molar-refractivity contribution >= 4 is 17.8 Å². The number of rotatable bonds is 9. The van der Waals surface area contributed by atoms with Gasteiger partial charge in [0.15, 0.2) is 0 Å². The molecule has 0 spiro atoms. The molecule has 1 rings (SSSR count). The molecule has 2 amide bonds. The summed E-state index contributed by atoms with van der Waals surface area (Å²) in [5, 5.41) is 11.5. The monoisotopic (exact) mass is 300 g/mol. The molecule has 0 aromatic rings. The highest BCUT2D eigenvalue weighted by molar-refractivity contribution is 5.83. The van der Waals surface area contributed by atoms with Crippen molar-refractivity contribution in [3.8, 4) is 0 Å². The zero-order chi connectivity index (χ0) is 15.7. The van der Waals surface area contributed by atoms with Crippen LogP contribution in [0.2, 0.25) is 0 Å². The van der Waals surface area contributed by atoms with Gasteiger partial charge >= 0.3 is 5.97 Å². The van der Waals surface area contributed by atoms with Crippen LogP contribution in [-0.4, -0.2) is 61.1 Å². The minimum Gasteiger partial charge on any atom is -0.480 e. The number of nitrogens with zero attached hydrogens (tertiary/aromatic N) is 1. The summed E-state index contributed by atoms with van der Waals surface area (Å²) >= 11 is 0. The maximum atomic E-state index is 11.9. The van der Waals surface area contributed by atoms with Crippen LogP contribution in [0.1, 0.15) is 32.1 Å². The van der Waals surface area contributed by atoms with E-state index in [-0.39, 0.29) is 50.4 Å². The fourth-order valence-electron chi connectivity index (χ4n) is 2.44. The van der Waals surface area contributed by atoms with Crippen LogP contribution in [0.5, 0.6) is 0 Å². The van der Waals surface area contributed by atoms with Gasteiger partial charge in [0, 0.05) is 32.5 Å². The molecule has 1 fully saturated rings. The Morgan fingerprint density at radius 2 is 1.95 bits per heavy atom. The molecule has 0 radical (unpaired) electrons. The van der Waals surface area contributed by atoms with Gasteiger partial charge in [-0.1, -0.05) is 12.8 Å². The minimum absolute atomic E-state index is 0.00183. The number of hydrogen-bond acceptors (Lipinski definition) is 4. The number of carbonyl (C=O) groups is 3. The number of carboxylic acids is 1. The first-order chi connectivity index (χ1) is 10.0. The number of methoxy groups -OCH3 is 1. The standard InChI is InChI=1S/C14H24N2O5/c1-21-9-8-16(10-13(18)19)12(17)6-7-15-14(20)11-4-2-3-5-11/h11H,2-10H2,1H3,(H,15,20)(H,18,19). The average molecular weight is 300 g/mol. The van der Waals surface area contributed by atoms with Crippen LogP contribution in [0.3, 0.4) is 0 Å². The van der Waals surface area contributed by atoms with Crippen molar-refractivity contribution in [3.63, 3.8) is 0 Å². The van der Waals surface area contributed by atoms with E-state index >= 15 is 0 Å². The van der Waals surface area contributed by atoms with Crippen LogP contribution in [0, 0.1) is 5.92 Å². The van der Waals surface area contributed by atoms with Crippen LogP contribution in [0.15, 0.2) is 0 Å². The molecule has 0 aromatic carbocycles. The Hall–Kier alpha value is -1.63. The van der Waals surface area contributed by atoms with Gasteiger partial charge in [0.1, 0.15) is 6.54 Å². The van der Waals surface area contributed by atoms with E-state index in [0.717, 1.165) is 25.7 Å². The SMILES string of the molecule is COCCN(CC(=O)O)C(=O)CCNC(=O)C1CCCC1. The Labute approximate surface area is 124 Å². The number of ether oxygens (including phenoxy) is 1. The summed E-state index contributed by atoms with van der Waals surface area (Å²) in [5.74, 6) is -1.28. The second kappa shape index (κ2) is 9.33. The summed E-state index contributed by atoms with van der Waals surface area (Å²) in [5.41, 5.74) is 0. The zero-order valence-corrected chi connectivity index (χ0v) is 12.5. The van der Waals surface area contributed by atoms with Crippen LogP contribution in [0.25, 0.3) is 0 Å². The van der Waals surface area contributed by atoms with E-state index in [1.54, 1.807) is 0 Å². The first-order valence-corrected chi connectivity index (χ1v) is 7.30. The summed E-state index contributed by atoms with van der Waals surface area (Å²) in [4.78, 5) is 35.7. The lowest BCUT2D eigenvalue weighted by Crippen LogP contribution is -2.40. The lowest BCUT2D eigenvalue weighted by Gasteiger charge is -2.20. The predicted octanol–water partition coefficient (Wildman–Crippen LogP) is 0.242. The summed E-state index contributed by atoms with van der Waals surface area (Å²) in [7, 11) is 1.49. The summed E-state index contributed by atoms with van der Waals surface area (Å²) < 4.78 is 4.86. The molecule has 21 heavy (non-hydrogen) atoms. The summed E-state index contributed by atoms with van der Waals surface area (Å²) in [6.45, 7) is 0.418. The molecule has 0 bridgehead atoms. The average Bonchev–Trinajstić information content (AvgIpc) is 2.96. The Balaban J connectivity index is 2.31. The zero-order valence-electron chi connectivity index (χ0n) is 12.5. The number of amides is 2. The highest BCUT2D eigenvalue weighted by atomic mass is 16.5. The molecule has 1 aliphatic carbocycles. The van der Waals surface area contributed by atoms with Crippen molar-refractivity contribution in [2.75, 3.05) is 33.4 Å². The molecular weight excluding hydrogens is 276 g/mol. The van der Waals surface area contributed by atoms with Gasteiger partial charge in [0.05, 0.1) is 6.61 Å². The van der Waals surface area contributed by atoms with E-state index < -0.39 is 5.97 Å². The maximum absolute atomic E-state index is 11.9. The molecule has 0 saturated heterocycles. The first-order valence-electron chi connectivity index (χ1n) is 7.30. The van der Waals surface area contributed by atoms with Crippen molar-refractivity contribution in [2.24, 2.45) is 5.92 Å². The van der Waals surface area contributed by atoms with Gasteiger partial charge in [-0.3, -0.25) is 14.4 Å². The fourth-order valence-corrected chi connectivity index (χ4v) is 2.44. The molecule has 0 aromatic heterocycles. The lowest BCUT2D eigenvalue weighted by molar-refractivity contribution is -0.145. The molecule has 1 saturated carbocycles. The Morgan fingerprint density at radius 3 is 2.52 bits per heavy atom. The molecule has 2 N–H and O–H groups in total. The van der Waals surface area contributed by atoms with E-state index in [0.29, 0.717) is 0 Å². The van der Waals surface area contributed by atoms with Crippen molar-refractivity contribution in [1.82, 2.24) is 10.2 Å². The molecule has 120 valence electrons. The van der Waals surface area contributed by atoms with E-state index in [2.05, 4.69) is 5.32 Å². The summed E-state index contributed by atoms with van der Waals surface area (Å²) in [6.07, 6.45) is 4.10.